The predicted molar refractivity (Wildman–Crippen MR) is 91.5 cm³/mol. The van der Waals surface area contributed by atoms with Gasteiger partial charge in [0, 0.05) is 11.1 Å². The third-order valence-corrected chi connectivity index (χ3v) is 4.51. The van der Waals surface area contributed by atoms with Gasteiger partial charge in [0.1, 0.15) is 5.76 Å². The van der Waals surface area contributed by atoms with E-state index in [9.17, 15) is 0 Å². The van der Waals surface area contributed by atoms with Gasteiger partial charge in [-0.05, 0) is 41.9 Å². The monoisotopic (exact) mass is 302 g/mol. The minimum absolute atomic E-state index is 0.00958. The summed E-state index contributed by atoms with van der Waals surface area (Å²) in [7, 11) is 0. The van der Waals surface area contributed by atoms with Gasteiger partial charge in [-0.15, -0.1) is 0 Å². The second-order valence-corrected chi connectivity index (χ2v) is 7.79. The molecule has 3 heteroatoms. The Kier molecular flexibility index (Phi) is 4.84. The van der Waals surface area contributed by atoms with Crippen LogP contribution in [0.1, 0.15) is 95.4 Å². The average molecular weight is 302 g/mol. The minimum atomic E-state index is 0.00958. The molecule has 0 bridgehead atoms. The zero-order valence-electron chi connectivity index (χ0n) is 15.0. The molecule has 22 heavy (non-hydrogen) atoms. The number of hydrogen-bond acceptors (Lipinski definition) is 2. The highest BCUT2D eigenvalue weighted by Gasteiger charge is 2.28. The normalized spacial score (nSPS) is 14.0. The van der Waals surface area contributed by atoms with Gasteiger partial charge in [0.15, 0.2) is 0 Å². The number of nitrogens with zero attached hydrogens (tertiary/aromatic N) is 1. The number of aromatic nitrogens is 2. The quantitative estimate of drug-likeness (QED) is 0.741. The number of furan rings is 1. The molecule has 0 aliphatic heterocycles. The lowest BCUT2D eigenvalue weighted by molar-refractivity contribution is 0.344. The largest absolute Gasteiger partial charge is 0.468 e. The Hall–Kier alpha value is -1.51. The highest BCUT2D eigenvalue weighted by Crippen LogP contribution is 2.36. The summed E-state index contributed by atoms with van der Waals surface area (Å²) in [6.07, 6.45) is 2.93. The van der Waals surface area contributed by atoms with E-state index in [4.69, 9.17) is 4.42 Å². The summed E-state index contributed by atoms with van der Waals surface area (Å²) in [4.78, 5) is 0. The van der Waals surface area contributed by atoms with Crippen LogP contribution in [0.4, 0.5) is 0 Å². The second kappa shape index (κ2) is 6.31. The van der Waals surface area contributed by atoms with E-state index in [0.717, 1.165) is 17.9 Å². The van der Waals surface area contributed by atoms with Gasteiger partial charge in [-0.2, -0.15) is 5.10 Å². The van der Waals surface area contributed by atoms with E-state index >= 15 is 0 Å². The first kappa shape index (κ1) is 16.9. The van der Waals surface area contributed by atoms with E-state index < -0.39 is 0 Å². The summed E-state index contributed by atoms with van der Waals surface area (Å²) < 4.78 is 5.85. The number of H-pyrrole nitrogens is 1. The van der Waals surface area contributed by atoms with E-state index in [1.54, 1.807) is 0 Å². The second-order valence-electron chi connectivity index (χ2n) is 7.79. The molecule has 1 atom stereocenters. The molecule has 1 unspecified atom stereocenters. The summed E-state index contributed by atoms with van der Waals surface area (Å²) in [6.45, 7) is 15.5. The molecule has 3 nitrogen and oxygen atoms in total. The lowest BCUT2D eigenvalue weighted by Gasteiger charge is -2.25. The van der Waals surface area contributed by atoms with Crippen molar-refractivity contribution in [1.82, 2.24) is 10.2 Å². The van der Waals surface area contributed by atoms with Crippen molar-refractivity contribution >= 4 is 0 Å². The van der Waals surface area contributed by atoms with Crippen molar-refractivity contribution in [1.29, 1.82) is 0 Å². The fourth-order valence-electron chi connectivity index (χ4n) is 2.89. The molecule has 0 spiro atoms. The Labute approximate surface area is 134 Å². The van der Waals surface area contributed by atoms with Crippen LogP contribution in [0.3, 0.4) is 0 Å². The molecule has 0 aromatic carbocycles. The molecule has 122 valence electrons. The van der Waals surface area contributed by atoms with E-state index in [1.807, 2.05) is 6.26 Å². The van der Waals surface area contributed by atoms with Gasteiger partial charge in [-0.1, -0.05) is 48.5 Å². The van der Waals surface area contributed by atoms with Gasteiger partial charge in [-0.25, -0.2) is 0 Å². The van der Waals surface area contributed by atoms with Crippen LogP contribution in [-0.4, -0.2) is 10.2 Å². The molecule has 0 amide bonds. The Bertz CT molecular complexity index is 604. The van der Waals surface area contributed by atoms with Crippen molar-refractivity contribution in [3.05, 3.63) is 41.1 Å². The standard InChI is InChI=1S/C19H30N2O/c1-12(2)15-8-18(22-11-15)19(6,7)10-14(5)17-9-16(13(3)4)20-21-17/h8-9,11-14H,10H2,1-7H3,(H,20,21). The average Bonchev–Trinajstić information content (AvgIpc) is 3.08. The predicted octanol–water partition coefficient (Wildman–Crippen LogP) is 5.72. The number of aromatic amines is 1. The van der Waals surface area contributed by atoms with Gasteiger partial charge < -0.3 is 4.42 Å². The van der Waals surface area contributed by atoms with Crippen LogP contribution >= 0.6 is 0 Å². The lowest BCUT2D eigenvalue weighted by atomic mass is 9.80. The fraction of sp³-hybridized carbons (Fsp3) is 0.632. The maximum Gasteiger partial charge on any atom is 0.109 e. The molecular weight excluding hydrogens is 272 g/mol. The van der Waals surface area contributed by atoms with Crippen LogP contribution < -0.4 is 0 Å². The van der Waals surface area contributed by atoms with E-state index in [2.05, 4.69) is 70.8 Å². The maximum absolute atomic E-state index is 5.85. The highest BCUT2D eigenvalue weighted by molar-refractivity contribution is 5.23. The van der Waals surface area contributed by atoms with Crippen molar-refractivity contribution in [2.45, 2.75) is 78.1 Å². The molecule has 0 saturated heterocycles. The summed E-state index contributed by atoms with van der Waals surface area (Å²) in [5.74, 6) is 2.46. The molecule has 0 saturated carbocycles. The number of hydrogen-bond donors (Lipinski definition) is 1. The smallest absolute Gasteiger partial charge is 0.109 e. The summed E-state index contributed by atoms with van der Waals surface area (Å²) in [6, 6.07) is 4.41. The third kappa shape index (κ3) is 3.63. The first-order valence-corrected chi connectivity index (χ1v) is 8.34. The van der Waals surface area contributed by atoms with Crippen molar-refractivity contribution in [2.75, 3.05) is 0 Å². The molecule has 2 rings (SSSR count). The molecule has 2 aromatic rings. The molecule has 0 aliphatic rings. The maximum atomic E-state index is 5.85. The summed E-state index contributed by atoms with van der Waals surface area (Å²) in [5, 5.41) is 7.62. The summed E-state index contributed by atoms with van der Waals surface area (Å²) in [5.41, 5.74) is 3.64. The zero-order valence-corrected chi connectivity index (χ0v) is 15.0. The van der Waals surface area contributed by atoms with Crippen molar-refractivity contribution in [3.63, 3.8) is 0 Å². The third-order valence-electron chi connectivity index (χ3n) is 4.51. The van der Waals surface area contributed by atoms with Crippen molar-refractivity contribution < 1.29 is 4.42 Å². The number of rotatable bonds is 6. The Balaban J connectivity index is 2.12. The van der Waals surface area contributed by atoms with Crippen LogP contribution in [-0.2, 0) is 5.41 Å². The van der Waals surface area contributed by atoms with Crippen molar-refractivity contribution in [2.24, 2.45) is 0 Å². The Morgan fingerprint density at radius 2 is 1.77 bits per heavy atom. The van der Waals surface area contributed by atoms with Crippen LogP contribution in [0.5, 0.6) is 0 Å². The van der Waals surface area contributed by atoms with Gasteiger partial charge in [0.2, 0.25) is 0 Å². The van der Waals surface area contributed by atoms with Gasteiger partial charge in [-0.3, -0.25) is 5.10 Å². The van der Waals surface area contributed by atoms with Crippen molar-refractivity contribution in [3.8, 4) is 0 Å². The van der Waals surface area contributed by atoms with E-state index in [0.29, 0.717) is 17.8 Å². The molecule has 0 radical (unpaired) electrons. The van der Waals surface area contributed by atoms with Crippen LogP contribution in [0, 0.1) is 0 Å². The van der Waals surface area contributed by atoms with Crippen LogP contribution in [0.25, 0.3) is 0 Å². The first-order chi connectivity index (χ1) is 10.2. The SMILES string of the molecule is CC(C)c1coc(C(C)(C)CC(C)c2cc(C(C)C)n[nH]2)c1. The van der Waals surface area contributed by atoms with Crippen LogP contribution in [0.2, 0.25) is 0 Å². The molecule has 2 heterocycles. The Morgan fingerprint density at radius 3 is 2.27 bits per heavy atom. The highest BCUT2D eigenvalue weighted by atomic mass is 16.3. The first-order valence-electron chi connectivity index (χ1n) is 8.34. The van der Waals surface area contributed by atoms with Gasteiger partial charge in [0.25, 0.3) is 0 Å². The van der Waals surface area contributed by atoms with Gasteiger partial charge >= 0.3 is 0 Å². The molecule has 0 fully saturated rings. The molecule has 2 aromatic heterocycles. The summed E-state index contributed by atoms with van der Waals surface area (Å²) >= 11 is 0. The molecule has 1 N–H and O–H groups in total. The number of nitrogens with one attached hydrogen (secondary N) is 1. The van der Waals surface area contributed by atoms with Gasteiger partial charge in [0.05, 0.1) is 12.0 Å². The molecule has 0 aliphatic carbocycles. The Morgan fingerprint density at radius 1 is 1.09 bits per heavy atom. The molecular formula is C19H30N2O. The topological polar surface area (TPSA) is 41.8 Å². The zero-order chi connectivity index (χ0) is 16.5. The lowest BCUT2D eigenvalue weighted by Crippen LogP contribution is -2.19. The van der Waals surface area contributed by atoms with Crippen LogP contribution in [0.15, 0.2) is 22.8 Å². The fourth-order valence-corrected chi connectivity index (χ4v) is 2.89. The minimum Gasteiger partial charge on any atom is -0.468 e. The van der Waals surface area contributed by atoms with E-state index in [1.165, 1.54) is 11.3 Å². The van der Waals surface area contributed by atoms with E-state index in [-0.39, 0.29) is 5.41 Å².